The zero-order valence-electron chi connectivity index (χ0n) is 15.7. The third-order valence-electron chi connectivity index (χ3n) is 6.17. The van der Waals surface area contributed by atoms with Crippen LogP contribution in [0.3, 0.4) is 0 Å². The van der Waals surface area contributed by atoms with E-state index in [4.69, 9.17) is 9.13 Å². The van der Waals surface area contributed by atoms with Crippen LogP contribution in [-0.4, -0.2) is 34.1 Å². The largest absolute Gasteiger partial charge is 0.439 e. The van der Waals surface area contributed by atoms with Crippen LogP contribution in [0.15, 0.2) is 46.9 Å². The predicted molar refractivity (Wildman–Crippen MR) is 106 cm³/mol. The van der Waals surface area contributed by atoms with Crippen molar-refractivity contribution >= 4 is 17.8 Å². The highest BCUT2D eigenvalue weighted by Crippen LogP contribution is 2.49. The first-order valence-electron chi connectivity index (χ1n) is 9.75. The van der Waals surface area contributed by atoms with Gasteiger partial charge in [0.2, 0.25) is 5.88 Å². The fourth-order valence-corrected chi connectivity index (χ4v) is 5.53. The molecule has 152 valence electrons. The highest BCUT2D eigenvalue weighted by Gasteiger charge is 2.51. The van der Waals surface area contributed by atoms with Gasteiger partial charge in [0.15, 0.2) is 0 Å². The zero-order valence-corrected chi connectivity index (χ0v) is 16.5. The monoisotopic (exact) mass is 419 g/mol. The molecule has 3 fully saturated rings. The van der Waals surface area contributed by atoms with E-state index >= 15 is 0 Å². The first-order chi connectivity index (χ1) is 14.0. The van der Waals surface area contributed by atoms with E-state index in [1.54, 1.807) is 11.9 Å². The predicted octanol–water partition coefficient (Wildman–Crippen LogP) is 5.45. The van der Waals surface area contributed by atoms with Gasteiger partial charge in [-0.1, -0.05) is 18.2 Å². The van der Waals surface area contributed by atoms with Gasteiger partial charge < -0.3 is 9.64 Å². The summed E-state index contributed by atoms with van der Waals surface area (Å²) in [5, 5.41) is 0. The van der Waals surface area contributed by atoms with Gasteiger partial charge in [-0.15, -0.1) is 0 Å². The van der Waals surface area contributed by atoms with Crippen LogP contribution in [0.1, 0.15) is 36.9 Å². The lowest BCUT2D eigenvalue weighted by molar-refractivity contribution is -0.141. The maximum atomic E-state index is 12.9. The Bertz CT molecular complexity index is 937. The molecule has 8 heteroatoms. The minimum absolute atomic E-state index is 0.0604. The van der Waals surface area contributed by atoms with Gasteiger partial charge in [0, 0.05) is 24.4 Å². The summed E-state index contributed by atoms with van der Waals surface area (Å²) >= 11 is 1.64. The third-order valence-corrected chi connectivity index (χ3v) is 6.83. The van der Waals surface area contributed by atoms with E-state index in [0.29, 0.717) is 11.8 Å². The molecule has 4 nitrogen and oxygen atoms in total. The van der Waals surface area contributed by atoms with Crippen LogP contribution < -0.4 is 4.74 Å². The number of hydrogen-bond donors (Lipinski definition) is 0. The maximum Gasteiger partial charge on any atom is 0.433 e. The van der Waals surface area contributed by atoms with Crippen LogP contribution in [0.4, 0.5) is 13.2 Å². The minimum atomic E-state index is -4.49. The summed E-state index contributed by atoms with van der Waals surface area (Å²) in [4.78, 5) is 6.05. The molecule has 1 saturated carbocycles. The Kier molecular flexibility index (Phi) is 4.49. The van der Waals surface area contributed by atoms with Gasteiger partial charge in [0.25, 0.3) is 0 Å². The van der Waals surface area contributed by atoms with Crippen molar-refractivity contribution in [2.75, 3.05) is 12.3 Å². The summed E-state index contributed by atoms with van der Waals surface area (Å²) in [6.07, 6.45) is 0.0326. The molecular weight excluding hydrogens is 399 g/mol. The Hall–Kier alpha value is -2.22. The number of piperidine rings is 2. The second-order valence-corrected chi connectivity index (χ2v) is 8.59. The van der Waals surface area contributed by atoms with E-state index < -0.39 is 11.9 Å². The van der Waals surface area contributed by atoms with Crippen LogP contribution >= 0.6 is 11.9 Å². The van der Waals surface area contributed by atoms with Crippen molar-refractivity contribution in [3.8, 4) is 11.6 Å². The van der Waals surface area contributed by atoms with E-state index in [9.17, 15) is 13.2 Å². The van der Waals surface area contributed by atoms with Gasteiger partial charge in [-0.2, -0.15) is 13.2 Å². The lowest BCUT2D eigenvalue weighted by atomic mass is 9.63. The Labute approximate surface area is 171 Å². The van der Waals surface area contributed by atoms with Gasteiger partial charge in [0.1, 0.15) is 17.3 Å². The molecule has 0 amide bonds. The fraction of sp³-hybridized carbons (Fsp3) is 0.429. The first-order valence-corrected chi connectivity index (χ1v) is 10.7. The number of alkyl halides is 3. The third kappa shape index (κ3) is 3.27. The lowest BCUT2D eigenvalue weighted by Crippen LogP contribution is -2.61. The number of rotatable bonds is 3. The molecule has 0 radical (unpaired) electrons. The smallest absolute Gasteiger partial charge is 0.433 e. The molecule has 2 saturated heterocycles. The van der Waals surface area contributed by atoms with Crippen molar-refractivity contribution in [1.29, 1.82) is 0 Å². The number of fused-ring (bicyclic) bond motifs is 2. The Morgan fingerprint density at radius 3 is 2.55 bits per heavy atom. The van der Waals surface area contributed by atoms with E-state index in [2.05, 4.69) is 9.88 Å². The standard InChI is InChI=1S/C21H20F3N3OS/c22-21(23,24)17-2-1-3-18(25-17)28-16-6-4-14(5-7-16)20-10-8-15(9-11-20)27-12-13-29-26-19(20)27/h1-7,15H,8-13H2. The van der Waals surface area contributed by atoms with E-state index in [1.165, 1.54) is 36.4 Å². The zero-order chi connectivity index (χ0) is 20.1. The van der Waals surface area contributed by atoms with Crippen molar-refractivity contribution in [1.82, 2.24) is 9.88 Å². The summed E-state index contributed by atoms with van der Waals surface area (Å²) in [5.74, 6) is 2.64. The van der Waals surface area contributed by atoms with E-state index in [1.807, 2.05) is 24.3 Å². The Morgan fingerprint density at radius 2 is 1.83 bits per heavy atom. The summed E-state index contributed by atoms with van der Waals surface area (Å²) in [6.45, 7) is 1.05. The summed E-state index contributed by atoms with van der Waals surface area (Å²) in [6, 6.07) is 11.9. The average molecular weight is 419 g/mol. The normalized spacial score (nSPS) is 26.1. The molecule has 3 aliphatic heterocycles. The van der Waals surface area contributed by atoms with Gasteiger partial charge in [-0.05, 0) is 61.4 Å². The van der Waals surface area contributed by atoms with Crippen LogP contribution in [0.2, 0.25) is 0 Å². The number of aromatic nitrogens is 1. The summed E-state index contributed by atoms with van der Waals surface area (Å²) in [5.41, 5.74) is 0.179. The number of amidine groups is 1. The van der Waals surface area contributed by atoms with E-state index in [0.717, 1.165) is 31.2 Å². The van der Waals surface area contributed by atoms with E-state index in [-0.39, 0.29) is 11.3 Å². The molecule has 0 spiro atoms. The van der Waals surface area contributed by atoms with Gasteiger partial charge in [0.05, 0.1) is 5.41 Å². The number of hydrogen-bond acceptors (Lipinski definition) is 5. The molecule has 2 bridgehead atoms. The van der Waals surface area contributed by atoms with Crippen LogP contribution in [-0.2, 0) is 11.6 Å². The number of nitrogens with zero attached hydrogens (tertiary/aromatic N) is 3. The quantitative estimate of drug-likeness (QED) is 0.620. The molecule has 2 aromatic rings. The summed E-state index contributed by atoms with van der Waals surface area (Å²) < 4.78 is 49.0. The minimum Gasteiger partial charge on any atom is -0.439 e. The number of ether oxygens (including phenoxy) is 1. The number of benzene rings is 1. The van der Waals surface area contributed by atoms with Crippen molar-refractivity contribution < 1.29 is 17.9 Å². The van der Waals surface area contributed by atoms with Crippen molar-refractivity contribution in [2.45, 2.75) is 43.3 Å². The molecule has 6 rings (SSSR count). The molecule has 0 unspecified atom stereocenters. The molecule has 1 aromatic carbocycles. The lowest BCUT2D eigenvalue weighted by Gasteiger charge is -2.55. The second-order valence-electron chi connectivity index (χ2n) is 7.74. The van der Waals surface area contributed by atoms with Crippen LogP contribution in [0, 0.1) is 0 Å². The Balaban J connectivity index is 1.40. The van der Waals surface area contributed by atoms with Crippen LogP contribution in [0.25, 0.3) is 0 Å². The van der Waals surface area contributed by atoms with Gasteiger partial charge in [-0.3, -0.25) is 0 Å². The molecule has 0 atom stereocenters. The van der Waals surface area contributed by atoms with Gasteiger partial charge >= 0.3 is 6.18 Å². The van der Waals surface area contributed by atoms with Crippen molar-refractivity contribution in [3.05, 3.63) is 53.7 Å². The van der Waals surface area contributed by atoms with Gasteiger partial charge in [-0.25, -0.2) is 9.38 Å². The maximum absolute atomic E-state index is 12.9. The van der Waals surface area contributed by atoms with Crippen LogP contribution in [0.5, 0.6) is 11.6 Å². The van der Waals surface area contributed by atoms with Crippen molar-refractivity contribution in [3.63, 3.8) is 0 Å². The number of halogens is 3. The molecule has 29 heavy (non-hydrogen) atoms. The SMILES string of the molecule is FC(F)(F)c1cccc(Oc2ccc(C34CCC(CC3)N3CCSN=C34)cc2)n1. The molecule has 4 aliphatic rings. The van der Waals surface area contributed by atoms with Crippen molar-refractivity contribution in [2.24, 2.45) is 4.40 Å². The topological polar surface area (TPSA) is 37.7 Å². The second kappa shape index (κ2) is 6.93. The molecule has 1 aromatic heterocycles. The average Bonchev–Trinajstić information content (AvgIpc) is 2.75. The summed E-state index contributed by atoms with van der Waals surface area (Å²) in [7, 11) is 0. The highest BCUT2D eigenvalue weighted by molar-refractivity contribution is 7.98. The molecule has 0 N–H and O–H groups in total. The first kappa shape index (κ1) is 18.8. The molecule has 1 aliphatic carbocycles. The molecular formula is C21H20F3N3OS. The fourth-order valence-electron chi connectivity index (χ4n) is 4.76. The number of pyridine rings is 1. The Morgan fingerprint density at radius 1 is 1.07 bits per heavy atom. The molecule has 4 heterocycles. The highest BCUT2D eigenvalue weighted by atomic mass is 32.2.